The Morgan fingerprint density at radius 3 is 3.00 bits per heavy atom. The molecule has 0 saturated carbocycles. The molecule has 1 aromatic heterocycles. The van der Waals surface area contributed by atoms with Gasteiger partial charge < -0.3 is 9.72 Å². The molecule has 0 atom stereocenters. The molecule has 0 aromatic carbocycles. The molecule has 1 rings (SSSR count). The first-order chi connectivity index (χ1) is 5.22. The van der Waals surface area contributed by atoms with Crippen molar-refractivity contribution < 1.29 is 9.53 Å². The van der Waals surface area contributed by atoms with Crippen LogP contribution in [0.25, 0.3) is 0 Å². The molecule has 0 bridgehead atoms. The van der Waals surface area contributed by atoms with Crippen molar-refractivity contribution in [2.24, 2.45) is 0 Å². The standard InChI is InChI=1S/C7H10N2O2/c1-5-8-4-6(9-5)3-7(10)11-2/h4H,3H2,1-2H3,(H,8,9). The highest BCUT2D eigenvalue weighted by molar-refractivity contribution is 5.71. The minimum Gasteiger partial charge on any atom is -0.469 e. The Hall–Kier alpha value is -1.32. The number of aromatic nitrogens is 2. The second-order valence-corrected chi connectivity index (χ2v) is 2.23. The zero-order chi connectivity index (χ0) is 8.27. The van der Waals surface area contributed by atoms with Crippen LogP contribution in [0.15, 0.2) is 6.20 Å². The molecule has 0 aliphatic heterocycles. The van der Waals surface area contributed by atoms with Crippen molar-refractivity contribution in [1.29, 1.82) is 0 Å². The van der Waals surface area contributed by atoms with Crippen LogP contribution < -0.4 is 0 Å². The van der Waals surface area contributed by atoms with Crippen molar-refractivity contribution in [1.82, 2.24) is 9.97 Å². The first-order valence-corrected chi connectivity index (χ1v) is 3.30. The van der Waals surface area contributed by atoms with Crippen LogP contribution in [0, 0.1) is 6.92 Å². The van der Waals surface area contributed by atoms with E-state index in [-0.39, 0.29) is 12.4 Å². The Morgan fingerprint density at radius 2 is 2.55 bits per heavy atom. The van der Waals surface area contributed by atoms with Gasteiger partial charge in [0, 0.05) is 6.20 Å². The molecular formula is C7H10N2O2. The van der Waals surface area contributed by atoms with Crippen LogP contribution in [-0.2, 0) is 16.0 Å². The molecule has 0 spiro atoms. The highest BCUT2D eigenvalue weighted by atomic mass is 16.5. The second-order valence-electron chi connectivity index (χ2n) is 2.23. The number of nitrogens with one attached hydrogen (secondary N) is 1. The fourth-order valence-electron chi connectivity index (χ4n) is 0.778. The van der Waals surface area contributed by atoms with Crippen LogP contribution in [0.5, 0.6) is 0 Å². The van der Waals surface area contributed by atoms with Crippen molar-refractivity contribution in [3.8, 4) is 0 Å². The van der Waals surface area contributed by atoms with Crippen molar-refractivity contribution >= 4 is 5.97 Å². The number of aromatic amines is 1. The van der Waals surface area contributed by atoms with E-state index >= 15 is 0 Å². The number of hydrogen-bond donors (Lipinski definition) is 1. The lowest BCUT2D eigenvalue weighted by molar-refractivity contribution is -0.139. The lowest BCUT2D eigenvalue weighted by atomic mass is 10.3. The summed E-state index contributed by atoms with van der Waals surface area (Å²) in [5.74, 6) is 0.542. The first kappa shape index (κ1) is 7.78. The summed E-state index contributed by atoms with van der Waals surface area (Å²) in [6.07, 6.45) is 1.94. The summed E-state index contributed by atoms with van der Waals surface area (Å²) in [7, 11) is 1.36. The molecule has 0 saturated heterocycles. The fourth-order valence-corrected chi connectivity index (χ4v) is 0.778. The quantitative estimate of drug-likeness (QED) is 0.628. The number of rotatable bonds is 2. The fraction of sp³-hybridized carbons (Fsp3) is 0.429. The summed E-state index contributed by atoms with van der Waals surface area (Å²) in [5, 5.41) is 0. The third-order valence-electron chi connectivity index (χ3n) is 1.31. The van der Waals surface area contributed by atoms with Crippen LogP contribution in [0.1, 0.15) is 11.5 Å². The maximum Gasteiger partial charge on any atom is 0.311 e. The van der Waals surface area contributed by atoms with E-state index in [9.17, 15) is 4.79 Å². The molecular weight excluding hydrogens is 144 g/mol. The van der Waals surface area contributed by atoms with Gasteiger partial charge in [-0.1, -0.05) is 0 Å². The molecule has 0 fully saturated rings. The van der Waals surface area contributed by atoms with Gasteiger partial charge in [0.05, 0.1) is 19.2 Å². The van der Waals surface area contributed by atoms with Crippen molar-refractivity contribution in [3.05, 3.63) is 17.7 Å². The number of nitrogens with zero attached hydrogens (tertiary/aromatic N) is 1. The Kier molecular flexibility index (Phi) is 2.25. The Labute approximate surface area is 64.6 Å². The SMILES string of the molecule is COC(=O)Cc1c[nH]c(C)n1. The Morgan fingerprint density at radius 1 is 1.82 bits per heavy atom. The molecule has 0 unspecified atom stereocenters. The van der Waals surface area contributed by atoms with Crippen LogP contribution in [0.4, 0.5) is 0 Å². The molecule has 1 heterocycles. The molecule has 11 heavy (non-hydrogen) atoms. The average Bonchev–Trinajstić information content (AvgIpc) is 2.35. The van der Waals surface area contributed by atoms with Gasteiger partial charge >= 0.3 is 5.97 Å². The minimum absolute atomic E-state index is 0.237. The van der Waals surface area contributed by atoms with Gasteiger partial charge in [-0.2, -0.15) is 0 Å². The Balaban J connectivity index is 2.57. The van der Waals surface area contributed by atoms with E-state index in [0.717, 1.165) is 5.82 Å². The number of esters is 1. The number of carbonyl (C=O) groups is 1. The number of methoxy groups -OCH3 is 1. The predicted molar refractivity (Wildman–Crippen MR) is 39.0 cm³/mol. The van der Waals surface area contributed by atoms with Gasteiger partial charge in [-0.25, -0.2) is 4.98 Å². The first-order valence-electron chi connectivity index (χ1n) is 3.30. The third kappa shape index (κ3) is 2.07. The number of hydrogen-bond acceptors (Lipinski definition) is 3. The molecule has 4 nitrogen and oxygen atoms in total. The summed E-state index contributed by atoms with van der Waals surface area (Å²) < 4.78 is 4.47. The number of H-pyrrole nitrogens is 1. The number of ether oxygens (including phenoxy) is 1. The summed E-state index contributed by atoms with van der Waals surface area (Å²) in [6, 6.07) is 0. The second kappa shape index (κ2) is 3.18. The van der Waals surface area contributed by atoms with Crippen LogP contribution in [0.2, 0.25) is 0 Å². The molecule has 0 radical (unpaired) electrons. The lowest BCUT2D eigenvalue weighted by Crippen LogP contribution is -2.04. The van der Waals surface area contributed by atoms with Gasteiger partial charge in [0.2, 0.25) is 0 Å². The smallest absolute Gasteiger partial charge is 0.311 e. The maximum absolute atomic E-state index is 10.7. The molecule has 1 aromatic rings. The van der Waals surface area contributed by atoms with Crippen molar-refractivity contribution in [2.75, 3.05) is 7.11 Å². The van der Waals surface area contributed by atoms with Gasteiger partial charge in [-0.15, -0.1) is 0 Å². The normalized spacial score (nSPS) is 9.64. The van der Waals surface area contributed by atoms with Crippen LogP contribution >= 0.6 is 0 Å². The molecule has 0 amide bonds. The predicted octanol–water partition coefficient (Wildman–Crippen LogP) is 0.434. The molecule has 4 heteroatoms. The molecule has 60 valence electrons. The van der Waals surface area contributed by atoms with E-state index < -0.39 is 0 Å². The third-order valence-corrected chi connectivity index (χ3v) is 1.31. The van der Waals surface area contributed by atoms with E-state index in [1.54, 1.807) is 6.20 Å². The monoisotopic (exact) mass is 154 g/mol. The summed E-state index contributed by atoms with van der Waals surface area (Å²) in [6.45, 7) is 1.83. The minimum atomic E-state index is -0.267. The summed E-state index contributed by atoms with van der Waals surface area (Å²) in [4.78, 5) is 17.6. The van der Waals surface area contributed by atoms with E-state index in [2.05, 4.69) is 14.7 Å². The lowest BCUT2D eigenvalue weighted by Gasteiger charge is -1.92. The van der Waals surface area contributed by atoms with E-state index in [1.165, 1.54) is 7.11 Å². The summed E-state index contributed by atoms with van der Waals surface area (Å²) in [5.41, 5.74) is 0.717. The van der Waals surface area contributed by atoms with Gasteiger partial charge in [0.1, 0.15) is 5.82 Å². The van der Waals surface area contributed by atoms with Crippen molar-refractivity contribution in [3.63, 3.8) is 0 Å². The van der Waals surface area contributed by atoms with E-state index in [1.807, 2.05) is 6.92 Å². The molecule has 1 N–H and O–H groups in total. The van der Waals surface area contributed by atoms with Gasteiger partial charge in [-0.3, -0.25) is 4.79 Å². The molecule has 0 aliphatic rings. The highest BCUT2D eigenvalue weighted by Gasteiger charge is 2.04. The Bertz CT molecular complexity index is 255. The number of aryl methyl sites for hydroxylation is 1. The van der Waals surface area contributed by atoms with E-state index in [4.69, 9.17) is 0 Å². The van der Waals surface area contributed by atoms with Gasteiger partial charge in [0.15, 0.2) is 0 Å². The largest absolute Gasteiger partial charge is 0.469 e. The van der Waals surface area contributed by atoms with Gasteiger partial charge in [0.25, 0.3) is 0 Å². The van der Waals surface area contributed by atoms with E-state index in [0.29, 0.717) is 5.69 Å². The van der Waals surface area contributed by atoms with Crippen LogP contribution in [-0.4, -0.2) is 23.0 Å². The van der Waals surface area contributed by atoms with Crippen LogP contribution in [0.3, 0.4) is 0 Å². The maximum atomic E-state index is 10.7. The number of carbonyl (C=O) groups excluding carboxylic acids is 1. The number of imidazole rings is 1. The molecule has 0 aliphatic carbocycles. The zero-order valence-electron chi connectivity index (χ0n) is 6.55. The highest BCUT2D eigenvalue weighted by Crippen LogP contribution is 1.97. The topological polar surface area (TPSA) is 55.0 Å². The average molecular weight is 154 g/mol. The van der Waals surface area contributed by atoms with Gasteiger partial charge in [-0.05, 0) is 6.92 Å². The van der Waals surface area contributed by atoms with Crippen molar-refractivity contribution in [2.45, 2.75) is 13.3 Å². The zero-order valence-corrected chi connectivity index (χ0v) is 6.55. The summed E-state index contributed by atoms with van der Waals surface area (Å²) >= 11 is 0.